The third kappa shape index (κ3) is 2.48. The Balaban J connectivity index is 1.96. The highest BCUT2D eigenvalue weighted by Crippen LogP contribution is 2.27. The molecule has 0 aliphatic heterocycles. The quantitative estimate of drug-likeness (QED) is 0.617. The number of nitrogens with one attached hydrogen (secondary N) is 1. The van der Waals surface area contributed by atoms with Crippen molar-refractivity contribution < 1.29 is 0 Å². The highest BCUT2D eigenvalue weighted by atomic mass is 16.1. The molecule has 23 heavy (non-hydrogen) atoms. The van der Waals surface area contributed by atoms with Gasteiger partial charge in [-0.2, -0.15) is 4.98 Å². The van der Waals surface area contributed by atoms with Gasteiger partial charge < -0.3 is 4.98 Å². The summed E-state index contributed by atoms with van der Waals surface area (Å²) in [5.41, 5.74) is 3.81. The smallest absolute Gasteiger partial charge is 0.305 e. The van der Waals surface area contributed by atoms with E-state index in [0.717, 1.165) is 27.6 Å². The lowest BCUT2D eigenvalue weighted by molar-refractivity contribution is 1.12. The normalized spacial score (nSPS) is 10.8. The first-order chi connectivity index (χ1) is 11.3. The van der Waals surface area contributed by atoms with Crippen LogP contribution in [0.5, 0.6) is 0 Å². The Kier molecular flexibility index (Phi) is 3.16. The summed E-state index contributed by atoms with van der Waals surface area (Å²) in [6, 6.07) is 15.5. The zero-order valence-corrected chi connectivity index (χ0v) is 12.1. The Morgan fingerprint density at radius 2 is 1.61 bits per heavy atom. The molecule has 0 aliphatic rings. The Hall–Kier alpha value is -3.34. The second-order valence-electron chi connectivity index (χ2n) is 5.14. The van der Waals surface area contributed by atoms with Crippen molar-refractivity contribution in [1.82, 2.24) is 19.9 Å². The second kappa shape index (κ2) is 5.46. The van der Waals surface area contributed by atoms with E-state index in [0.29, 0.717) is 5.69 Å². The van der Waals surface area contributed by atoms with Crippen LogP contribution in [0.2, 0.25) is 0 Å². The van der Waals surface area contributed by atoms with Crippen LogP contribution in [0, 0.1) is 0 Å². The molecule has 5 heteroatoms. The van der Waals surface area contributed by atoms with E-state index >= 15 is 0 Å². The van der Waals surface area contributed by atoms with E-state index in [2.05, 4.69) is 19.9 Å². The monoisotopic (exact) mass is 300 g/mol. The average molecular weight is 300 g/mol. The molecule has 4 rings (SSSR count). The molecule has 0 aliphatic carbocycles. The fourth-order valence-corrected chi connectivity index (χ4v) is 2.60. The molecule has 0 amide bonds. The predicted molar refractivity (Wildman–Crippen MR) is 88.8 cm³/mol. The van der Waals surface area contributed by atoms with Crippen LogP contribution in [0.1, 0.15) is 0 Å². The van der Waals surface area contributed by atoms with Gasteiger partial charge in [-0.15, -0.1) is 0 Å². The van der Waals surface area contributed by atoms with Gasteiger partial charge in [-0.25, -0.2) is 14.8 Å². The highest BCUT2D eigenvalue weighted by Gasteiger charge is 2.09. The molecule has 2 aromatic heterocycles. The number of rotatable bonds is 2. The van der Waals surface area contributed by atoms with Crippen molar-refractivity contribution in [2.45, 2.75) is 0 Å². The van der Waals surface area contributed by atoms with E-state index in [1.165, 1.54) is 6.33 Å². The maximum Gasteiger partial charge on any atom is 0.345 e. The van der Waals surface area contributed by atoms with Crippen LogP contribution in [-0.2, 0) is 0 Å². The number of hydrogen-bond acceptors (Lipinski definition) is 4. The molecule has 0 spiro atoms. The molecule has 0 saturated carbocycles. The van der Waals surface area contributed by atoms with E-state index in [-0.39, 0.29) is 5.69 Å². The number of fused-ring (bicyclic) bond motifs is 1. The third-order valence-corrected chi connectivity index (χ3v) is 3.67. The van der Waals surface area contributed by atoms with E-state index in [4.69, 9.17) is 0 Å². The molecule has 4 aromatic rings. The number of aromatic amines is 1. The summed E-state index contributed by atoms with van der Waals surface area (Å²) in [6.45, 7) is 0. The van der Waals surface area contributed by atoms with Crippen LogP contribution >= 0.6 is 0 Å². The number of aromatic nitrogens is 4. The molecular weight excluding hydrogens is 288 g/mol. The summed E-state index contributed by atoms with van der Waals surface area (Å²) in [7, 11) is 0. The Labute approximate surface area is 131 Å². The van der Waals surface area contributed by atoms with Gasteiger partial charge in [0.2, 0.25) is 0 Å². The maximum absolute atomic E-state index is 11.9. The fourth-order valence-electron chi connectivity index (χ4n) is 2.60. The molecule has 0 radical (unpaired) electrons. The molecule has 2 heterocycles. The van der Waals surface area contributed by atoms with Gasteiger partial charge in [-0.1, -0.05) is 42.5 Å². The molecule has 0 saturated heterocycles. The number of benzene rings is 2. The standard InChI is InChI=1S/C18H12N4O/c23-18-21-16-8-13(14-9-19-11-20-10-14)6-7-15(16)17(22-18)12-4-2-1-3-5-12/h1-11H,(H,21,22,23). The summed E-state index contributed by atoms with van der Waals surface area (Å²) < 4.78 is 0. The molecule has 5 nitrogen and oxygen atoms in total. The van der Waals surface area contributed by atoms with Gasteiger partial charge in [0.1, 0.15) is 6.33 Å². The minimum atomic E-state index is -0.363. The Bertz CT molecular complexity index is 1030. The lowest BCUT2D eigenvalue weighted by Crippen LogP contribution is -2.11. The zero-order valence-electron chi connectivity index (χ0n) is 12.1. The SMILES string of the molecule is O=c1nc(-c2ccccc2)c2ccc(-c3cncnc3)cc2[nH]1. The lowest BCUT2D eigenvalue weighted by atomic mass is 10.0. The van der Waals surface area contributed by atoms with Gasteiger partial charge in [0.15, 0.2) is 0 Å². The molecule has 2 aromatic carbocycles. The van der Waals surface area contributed by atoms with Crippen molar-refractivity contribution in [3.63, 3.8) is 0 Å². The molecular formula is C18H12N4O. The van der Waals surface area contributed by atoms with Crippen LogP contribution in [-0.4, -0.2) is 19.9 Å². The van der Waals surface area contributed by atoms with Gasteiger partial charge in [0.25, 0.3) is 0 Å². The van der Waals surface area contributed by atoms with Crippen molar-refractivity contribution in [3.8, 4) is 22.4 Å². The number of nitrogens with zero attached hydrogens (tertiary/aromatic N) is 3. The molecule has 110 valence electrons. The maximum atomic E-state index is 11.9. The summed E-state index contributed by atoms with van der Waals surface area (Å²) >= 11 is 0. The van der Waals surface area contributed by atoms with Crippen LogP contribution < -0.4 is 5.69 Å². The van der Waals surface area contributed by atoms with Crippen LogP contribution in [0.3, 0.4) is 0 Å². The predicted octanol–water partition coefficient (Wildman–Crippen LogP) is 3.05. The number of H-pyrrole nitrogens is 1. The van der Waals surface area contributed by atoms with Crippen molar-refractivity contribution in [2.75, 3.05) is 0 Å². The van der Waals surface area contributed by atoms with Crippen molar-refractivity contribution in [3.05, 3.63) is 77.7 Å². The Morgan fingerprint density at radius 1 is 0.826 bits per heavy atom. The largest absolute Gasteiger partial charge is 0.345 e. The van der Waals surface area contributed by atoms with Crippen molar-refractivity contribution >= 4 is 10.9 Å². The average Bonchev–Trinajstić information content (AvgIpc) is 2.62. The van der Waals surface area contributed by atoms with Crippen LogP contribution in [0.4, 0.5) is 0 Å². The summed E-state index contributed by atoms with van der Waals surface area (Å²) in [6.07, 6.45) is 4.97. The van der Waals surface area contributed by atoms with E-state index in [1.54, 1.807) is 12.4 Å². The van der Waals surface area contributed by atoms with Crippen LogP contribution in [0.15, 0.2) is 72.0 Å². The summed E-state index contributed by atoms with van der Waals surface area (Å²) in [5.74, 6) is 0. The summed E-state index contributed by atoms with van der Waals surface area (Å²) in [4.78, 5) is 26.9. The zero-order chi connectivity index (χ0) is 15.6. The molecule has 0 atom stereocenters. The number of hydrogen-bond donors (Lipinski definition) is 1. The molecule has 0 bridgehead atoms. The van der Waals surface area contributed by atoms with Crippen molar-refractivity contribution in [2.24, 2.45) is 0 Å². The third-order valence-electron chi connectivity index (χ3n) is 3.67. The first-order valence-electron chi connectivity index (χ1n) is 7.16. The second-order valence-corrected chi connectivity index (χ2v) is 5.14. The van der Waals surface area contributed by atoms with E-state index in [1.807, 2.05) is 48.5 Å². The van der Waals surface area contributed by atoms with E-state index < -0.39 is 0 Å². The lowest BCUT2D eigenvalue weighted by Gasteiger charge is -2.07. The minimum absolute atomic E-state index is 0.363. The summed E-state index contributed by atoms with van der Waals surface area (Å²) in [5, 5.41) is 0.899. The highest BCUT2D eigenvalue weighted by molar-refractivity contribution is 5.94. The van der Waals surface area contributed by atoms with Gasteiger partial charge in [0.05, 0.1) is 11.2 Å². The van der Waals surface area contributed by atoms with Crippen LogP contribution in [0.25, 0.3) is 33.3 Å². The molecule has 0 unspecified atom stereocenters. The fraction of sp³-hybridized carbons (Fsp3) is 0. The first-order valence-corrected chi connectivity index (χ1v) is 7.16. The van der Waals surface area contributed by atoms with Gasteiger partial charge in [0, 0.05) is 28.9 Å². The topological polar surface area (TPSA) is 71.5 Å². The molecule has 1 N–H and O–H groups in total. The molecule has 0 fully saturated rings. The van der Waals surface area contributed by atoms with Gasteiger partial charge in [-0.05, 0) is 11.6 Å². The van der Waals surface area contributed by atoms with Gasteiger partial charge >= 0.3 is 5.69 Å². The Morgan fingerprint density at radius 3 is 2.39 bits per heavy atom. The van der Waals surface area contributed by atoms with E-state index in [9.17, 15) is 4.79 Å². The first kappa shape index (κ1) is 13.3. The minimum Gasteiger partial charge on any atom is -0.305 e. The van der Waals surface area contributed by atoms with Crippen molar-refractivity contribution in [1.29, 1.82) is 0 Å². The van der Waals surface area contributed by atoms with Gasteiger partial charge in [-0.3, -0.25) is 0 Å².